The average molecular weight is 322 g/mol. The summed E-state index contributed by atoms with van der Waals surface area (Å²) in [4.78, 5) is 26.8. The number of carbonyl (C=O) groups is 2. The number of anilines is 1. The maximum atomic E-state index is 12.5. The maximum absolute atomic E-state index is 12.5. The first-order chi connectivity index (χ1) is 11.6. The Hall–Kier alpha value is -2.62. The van der Waals surface area contributed by atoms with Gasteiger partial charge in [-0.1, -0.05) is 42.5 Å². The van der Waals surface area contributed by atoms with Crippen LogP contribution in [-0.4, -0.2) is 29.7 Å². The molecule has 0 bridgehead atoms. The fraction of sp³-hybridized carbons (Fsp3) is 0.300. The van der Waals surface area contributed by atoms with Crippen molar-refractivity contribution in [2.45, 2.75) is 19.3 Å². The lowest BCUT2D eigenvalue weighted by Crippen LogP contribution is -2.41. The van der Waals surface area contributed by atoms with Crippen molar-refractivity contribution in [2.75, 3.05) is 18.8 Å². The molecule has 4 heteroatoms. The predicted molar refractivity (Wildman–Crippen MR) is 94.6 cm³/mol. The van der Waals surface area contributed by atoms with Gasteiger partial charge in [-0.3, -0.25) is 9.59 Å². The summed E-state index contributed by atoms with van der Waals surface area (Å²) in [7, 11) is 0. The quantitative estimate of drug-likeness (QED) is 0.695. The number of nitrogen functional groups attached to an aromatic ring is 1. The van der Waals surface area contributed by atoms with Crippen LogP contribution in [-0.2, 0) is 11.2 Å². The summed E-state index contributed by atoms with van der Waals surface area (Å²) >= 11 is 0. The number of nitrogens with two attached hydrogens (primary N) is 1. The Bertz CT molecular complexity index is 702. The van der Waals surface area contributed by atoms with Crippen LogP contribution in [0.3, 0.4) is 0 Å². The Labute approximate surface area is 142 Å². The minimum absolute atomic E-state index is 0.0213. The van der Waals surface area contributed by atoms with Gasteiger partial charge >= 0.3 is 0 Å². The van der Waals surface area contributed by atoms with E-state index >= 15 is 0 Å². The number of likely N-dealkylation sites (tertiary alicyclic amines) is 1. The lowest BCUT2D eigenvalue weighted by molar-refractivity contribution is -0.131. The van der Waals surface area contributed by atoms with E-state index in [1.54, 1.807) is 0 Å². The van der Waals surface area contributed by atoms with Crippen molar-refractivity contribution in [3.05, 3.63) is 65.7 Å². The number of hydrogen-bond donors (Lipinski definition) is 1. The van der Waals surface area contributed by atoms with Crippen LogP contribution in [0.25, 0.3) is 0 Å². The van der Waals surface area contributed by atoms with E-state index in [2.05, 4.69) is 0 Å². The first kappa shape index (κ1) is 16.2. The molecule has 2 aromatic carbocycles. The Balaban J connectivity index is 1.54. The molecule has 1 aliphatic heterocycles. The molecule has 4 nitrogen and oxygen atoms in total. The van der Waals surface area contributed by atoms with Crippen molar-refractivity contribution in [2.24, 2.45) is 5.92 Å². The van der Waals surface area contributed by atoms with Crippen LogP contribution in [0.2, 0.25) is 0 Å². The smallest absolute Gasteiger partial charge is 0.226 e. The summed E-state index contributed by atoms with van der Waals surface area (Å²) in [5.41, 5.74) is 8.10. The largest absolute Gasteiger partial charge is 0.399 e. The standard InChI is InChI=1S/C20H22N2O2/c21-18-8-6-15(7-9-18)14-19(23)22-12-10-17(11-13-22)20(24)16-4-2-1-3-5-16/h1-9,17H,10-14,21H2. The van der Waals surface area contributed by atoms with Gasteiger partial charge in [-0.2, -0.15) is 0 Å². The molecule has 0 spiro atoms. The normalized spacial score (nSPS) is 15.2. The van der Waals surface area contributed by atoms with E-state index in [4.69, 9.17) is 5.73 Å². The molecule has 1 heterocycles. The molecule has 124 valence electrons. The summed E-state index contributed by atoms with van der Waals surface area (Å²) in [6.45, 7) is 1.30. The molecule has 0 radical (unpaired) electrons. The molecule has 2 N–H and O–H groups in total. The van der Waals surface area contributed by atoms with E-state index in [1.807, 2.05) is 59.5 Å². The second kappa shape index (κ2) is 7.30. The number of ketones is 1. The highest BCUT2D eigenvalue weighted by Crippen LogP contribution is 2.22. The topological polar surface area (TPSA) is 63.4 Å². The van der Waals surface area contributed by atoms with Crippen LogP contribution in [0.15, 0.2) is 54.6 Å². The second-order valence-electron chi connectivity index (χ2n) is 6.30. The van der Waals surface area contributed by atoms with Crippen LogP contribution >= 0.6 is 0 Å². The van der Waals surface area contributed by atoms with Gasteiger partial charge in [-0.25, -0.2) is 0 Å². The van der Waals surface area contributed by atoms with Gasteiger partial charge in [0.25, 0.3) is 0 Å². The van der Waals surface area contributed by atoms with E-state index in [0.717, 1.165) is 24.0 Å². The van der Waals surface area contributed by atoms with Gasteiger partial charge in [0.2, 0.25) is 5.91 Å². The molecule has 1 aliphatic rings. The molecule has 1 saturated heterocycles. The zero-order valence-electron chi connectivity index (χ0n) is 13.7. The number of nitrogens with zero attached hydrogens (tertiary/aromatic N) is 1. The number of piperidine rings is 1. The van der Waals surface area contributed by atoms with Crippen LogP contribution in [0.1, 0.15) is 28.8 Å². The third-order valence-electron chi connectivity index (χ3n) is 4.61. The molecule has 0 atom stereocenters. The van der Waals surface area contributed by atoms with E-state index in [1.165, 1.54) is 0 Å². The number of Topliss-reactive ketones (excluding diaryl/α,β-unsaturated/α-hetero) is 1. The van der Waals surface area contributed by atoms with Crippen molar-refractivity contribution in [3.63, 3.8) is 0 Å². The Morgan fingerprint density at radius 1 is 0.958 bits per heavy atom. The van der Waals surface area contributed by atoms with Crippen molar-refractivity contribution < 1.29 is 9.59 Å². The van der Waals surface area contributed by atoms with Gasteiger partial charge in [0, 0.05) is 30.3 Å². The number of amides is 1. The molecule has 0 saturated carbocycles. The van der Waals surface area contributed by atoms with Gasteiger partial charge < -0.3 is 10.6 Å². The fourth-order valence-corrected chi connectivity index (χ4v) is 3.15. The monoisotopic (exact) mass is 322 g/mol. The van der Waals surface area contributed by atoms with Gasteiger partial charge in [0.15, 0.2) is 5.78 Å². The third-order valence-corrected chi connectivity index (χ3v) is 4.61. The first-order valence-electron chi connectivity index (χ1n) is 8.35. The van der Waals surface area contributed by atoms with Crippen molar-refractivity contribution in [3.8, 4) is 0 Å². The van der Waals surface area contributed by atoms with Crippen LogP contribution in [0.4, 0.5) is 5.69 Å². The molecule has 24 heavy (non-hydrogen) atoms. The lowest BCUT2D eigenvalue weighted by atomic mass is 9.88. The minimum atomic E-state index is 0.0213. The van der Waals surface area contributed by atoms with E-state index in [9.17, 15) is 9.59 Å². The van der Waals surface area contributed by atoms with Crippen LogP contribution in [0.5, 0.6) is 0 Å². The number of carbonyl (C=O) groups excluding carboxylic acids is 2. The number of hydrogen-bond acceptors (Lipinski definition) is 3. The molecule has 1 amide bonds. The minimum Gasteiger partial charge on any atom is -0.399 e. The average Bonchev–Trinajstić information content (AvgIpc) is 2.64. The Kier molecular flexibility index (Phi) is 4.94. The molecular formula is C20H22N2O2. The van der Waals surface area contributed by atoms with Gasteiger partial charge in [0.05, 0.1) is 6.42 Å². The van der Waals surface area contributed by atoms with Crippen LogP contribution in [0, 0.1) is 5.92 Å². The SMILES string of the molecule is Nc1ccc(CC(=O)N2CCC(C(=O)c3ccccc3)CC2)cc1. The second-order valence-corrected chi connectivity index (χ2v) is 6.30. The van der Waals surface area contributed by atoms with Crippen LogP contribution < -0.4 is 5.73 Å². The van der Waals surface area contributed by atoms with E-state index < -0.39 is 0 Å². The zero-order valence-corrected chi connectivity index (χ0v) is 13.7. The van der Waals surface area contributed by atoms with Gasteiger partial charge in [0.1, 0.15) is 0 Å². The summed E-state index contributed by atoms with van der Waals surface area (Å²) < 4.78 is 0. The molecule has 1 fully saturated rings. The first-order valence-corrected chi connectivity index (χ1v) is 8.35. The van der Waals surface area contributed by atoms with Crippen molar-refractivity contribution in [1.82, 2.24) is 4.90 Å². The summed E-state index contributed by atoms with van der Waals surface area (Å²) in [5.74, 6) is 0.333. The van der Waals surface area contributed by atoms with E-state index in [-0.39, 0.29) is 17.6 Å². The zero-order chi connectivity index (χ0) is 16.9. The summed E-state index contributed by atoms with van der Waals surface area (Å²) in [5, 5.41) is 0. The Morgan fingerprint density at radius 3 is 2.21 bits per heavy atom. The lowest BCUT2D eigenvalue weighted by Gasteiger charge is -2.31. The molecule has 2 aromatic rings. The molecule has 0 aromatic heterocycles. The number of benzene rings is 2. The summed E-state index contributed by atoms with van der Waals surface area (Å²) in [6, 6.07) is 16.8. The molecular weight excluding hydrogens is 300 g/mol. The fourth-order valence-electron chi connectivity index (χ4n) is 3.15. The molecule has 0 aliphatic carbocycles. The Morgan fingerprint density at radius 2 is 1.58 bits per heavy atom. The molecule has 0 unspecified atom stereocenters. The third kappa shape index (κ3) is 3.82. The highest BCUT2D eigenvalue weighted by Gasteiger charge is 2.27. The predicted octanol–water partition coefficient (Wildman–Crippen LogP) is 2.93. The highest BCUT2D eigenvalue weighted by molar-refractivity contribution is 5.98. The summed E-state index contributed by atoms with van der Waals surface area (Å²) in [6.07, 6.45) is 1.86. The highest BCUT2D eigenvalue weighted by atomic mass is 16.2. The van der Waals surface area contributed by atoms with Gasteiger partial charge in [-0.05, 0) is 30.5 Å². The molecule has 3 rings (SSSR count). The number of rotatable bonds is 4. The van der Waals surface area contributed by atoms with E-state index in [0.29, 0.717) is 25.2 Å². The van der Waals surface area contributed by atoms with Gasteiger partial charge in [-0.15, -0.1) is 0 Å². The van der Waals surface area contributed by atoms with Crippen molar-refractivity contribution >= 4 is 17.4 Å². The van der Waals surface area contributed by atoms with Crippen molar-refractivity contribution in [1.29, 1.82) is 0 Å². The maximum Gasteiger partial charge on any atom is 0.226 e.